The Morgan fingerprint density at radius 2 is 1.76 bits per heavy atom. The molecule has 0 aliphatic carbocycles. The third kappa shape index (κ3) is 5.14. The molecule has 1 atom stereocenters. The lowest BCUT2D eigenvalue weighted by Crippen LogP contribution is -2.25. The van der Waals surface area contributed by atoms with E-state index in [2.05, 4.69) is 5.32 Å². The number of carbonyl (C=O) groups is 3. The summed E-state index contributed by atoms with van der Waals surface area (Å²) in [4.78, 5) is 35.9. The summed E-state index contributed by atoms with van der Waals surface area (Å²) in [7, 11) is 0. The van der Waals surface area contributed by atoms with Gasteiger partial charge in [0.15, 0.2) is 5.78 Å². The second-order valence-corrected chi connectivity index (χ2v) is 5.35. The van der Waals surface area contributed by atoms with Gasteiger partial charge < -0.3 is 10.1 Å². The van der Waals surface area contributed by atoms with E-state index in [9.17, 15) is 14.4 Å². The molecule has 0 saturated heterocycles. The van der Waals surface area contributed by atoms with Gasteiger partial charge in [-0.2, -0.15) is 0 Å². The molecule has 0 aliphatic rings. The number of anilines is 1. The molecule has 5 heteroatoms. The first-order valence-electron chi connectivity index (χ1n) is 7.81. The van der Waals surface area contributed by atoms with E-state index in [1.54, 1.807) is 61.5 Å². The van der Waals surface area contributed by atoms with Crippen LogP contribution in [-0.4, -0.2) is 17.7 Å². The van der Waals surface area contributed by atoms with Gasteiger partial charge in [-0.05, 0) is 26.0 Å². The number of amides is 1. The van der Waals surface area contributed by atoms with Crippen LogP contribution in [0.3, 0.4) is 0 Å². The molecule has 0 bridgehead atoms. The van der Waals surface area contributed by atoms with Gasteiger partial charge in [0.1, 0.15) is 0 Å². The minimum atomic E-state index is -1.09. The lowest BCUT2D eigenvalue weighted by molar-refractivity contribution is -0.149. The highest BCUT2D eigenvalue weighted by Gasteiger charge is 2.24. The molecule has 1 N–H and O–H groups in total. The lowest BCUT2D eigenvalue weighted by Gasteiger charge is -2.17. The normalized spacial score (nSPS) is 11.8. The Hall–Kier alpha value is -3.21. The fourth-order valence-corrected chi connectivity index (χ4v) is 2.22. The Morgan fingerprint density at radius 1 is 1.04 bits per heavy atom. The number of hydrogen-bond donors (Lipinski definition) is 1. The highest BCUT2D eigenvalue weighted by Crippen LogP contribution is 2.21. The zero-order chi connectivity index (χ0) is 18.2. The van der Waals surface area contributed by atoms with Gasteiger partial charge in [0.25, 0.3) is 5.91 Å². The number of esters is 1. The van der Waals surface area contributed by atoms with Gasteiger partial charge in [-0.1, -0.05) is 48.5 Å². The van der Waals surface area contributed by atoms with Crippen molar-refractivity contribution in [3.8, 4) is 0 Å². The summed E-state index contributed by atoms with van der Waals surface area (Å²) in [6.07, 6.45) is 1.70. The Bertz CT molecular complexity index is 796. The van der Waals surface area contributed by atoms with Gasteiger partial charge in [-0.25, -0.2) is 4.79 Å². The molecule has 2 aromatic rings. The number of Topliss-reactive ketones (excluding diaryl/α,β-unsaturated/α-hetero) is 1. The first-order valence-corrected chi connectivity index (χ1v) is 7.81. The zero-order valence-electron chi connectivity index (χ0n) is 14.1. The van der Waals surface area contributed by atoms with Crippen molar-refractivity contribution in [3.63, 3.8) is 0 Å². The molecule has 2 rings (SSSR count). The van der Waals surface area contributed by atoms with Crippen LogP contribution in [0, 0.1) is 0 Å². The molecular weight excluding hydrogens is 318 g/mol. The molecule has 0 aromatic heterocycles. The van der Waals surface area contributed by atoms with Crippen molar-refractivity contribution >= 4 is 23.3 Å². The summed E-state index contributed by atoms with van der Waals surface area (Å²) >= 11 is 0. The van der Waals surface area contributed by atoms with Crippen molar-refractivity contribution < 1.29 is 19.1 Å². The molecule has 1 unspecified atom stereocenters. The Kier molecular flexibility index (Phi) is 6.23. The van der Waals surface area contributed by atoms with E-state index in [1.807, 2.05) is 6.07 Å². The van der Waals surface area contributed by atoms with Crippen LogP contribution in [0.25, 0.3) is 0 Å². The molecule has 128 valence electrons. The van der Waals surface area contributed by atoms with Crippen LogP contribution >= 0.6 is 0 Å². The smallest absolute Gasteiger partial charge is 0.331 e. The van der Waals surface area contributed by atoms with E-state index >= 15 is 0 Å². The van der Waals surface area contributed by atoms with E-state index in [0.29, 0.717) is 16.8 Å². The second-order valence-electron chi connectivity index (χ2n) is 5.35. The Labute approximate surface area is 146 Å². The van der Waals surface area contributed by atoms with Crippen LogP contribution in [0.4, 0.5) is 5.69 Å². The van der Waals surface area contributed by atoms with Crippen molar-refractivity contribution in [2.24, 2.45) is 0 Å². The first-order chi connectivity index (χ1) is 12.0. The molecule has 0 aliphatic heterocycles. The topological polar surface area (TPSA) is 72.5 Å². The summed E-state index contributed by atoms with van der Waals surface area (Å²) in [6.45, 7) is 3.14. The summed E-state index contributed by atoms with van der Waals surface area (Å²) in [5.41, 5.74) is 1.50. The van der Waals surface area contributed by atoms with Gasteiger partial charge >= 0.3 is 5.97 Å². The summed E-state index contributed by atoms with van der Waals surface area (Å²) in [6, 6.07) is 15.3. The van der Waals surface area contributed by atoms with Crippen LogP contribution in [0.5, 0.6) is 0 Å². The van der Waals surface area contributed by atoms with Gasteiger partial charge in [0.05, 0.1) is 0 Å². The van der Waals surface area contributed by atoms with E-state index < -0.39 is 18.0 Å². The van der Waals surface area contributed by atoms with Crippen molar-refractivity contribution in [2.75, 3.05) is 5.32 Å². The third-order valence-corrected chi connectivity index (χ3v) is 3.41. The Balaban J connectivity index is 2.24. The maximum Gasteiger partial charge on any atom is 0.331 e. The average molecular weight is 337 g/mol. The van der Waals surface area contributed by atoms with Gasteiger partial charge in [-0.3, -0.25) is 9.59 Å². The largest absolute Gasteiger partial charge is 0.444 e. The quantitative estimate of drug-likeness (QED) is 0.496. The number of hydrogen-bond acceptors (Lipinski definition) is 4. The summed E-state index contributed by atoms with van der Waals surface area (Å²) < 4.78 is 5.28. The standard InChI is InChI=1S/C20H19NO4/c1-3-8-18(23)25-19(15-9-5-4-6-10-15)20(24)21-17-12-7-11-16(13-17)14(2)22/h3-13,19H,1-2H3,(H,21,24)/b8-3+. The third-order valence-electron chi connectivity index (χ3n) is 3.41. The fraction of sp³-hybridized carbons (Fsp3) is 0.150. The highest BCUT2D eigenvalue weighted by atomic mass is 16.5. The average Bonchev–Trinajstić information content (AvgIpc) is 2.61. The molecule has 0 heterocycles. The zero-order valence-corrected chi connectivity index (χ0v) is 14.1. The molecule has 1 amide bonds. The van der Waals surface area contributed by atoms with Crippen molar-refractivity contribution in [3.05, 3.63) is 77.9 Å². The monoisotopic (exact) mass is 337 g/mol. The molecule has 5 nitrogen and oxygen atoms in total. The number of benzene rings is 2. The molecule has 0 radical (unpaired) electrons. The SMILES string of the molecule is C/C=C/C(=O)OC(C(=O)Nc1cccc(C(C)=O)c1)c1ccccc1. The van der Waals surface area contributed by atoms with Crippen LogP contribution < -0.4 is 5.32 Å². The minimum absolute atomic E-state index is 0.102. The molecule has 0 fully saturated rings. The highest BCUT2D eigenvalue weighted by molar-refractivity contribution is 5.99. The predicted molar refractivity (Wildman–Crippen MR) is 95.2 cm³/mol. The molecule has 25 heavy (non-hydrogen) atoms. The number of allylic oxidation sites excluding steroid dienone is 1. The van der Waals surface area contributed by atoms with Crippen LogP contribution in [0.15, 0.2) is 66.7 Å². The van der Waals surface area contributed by atoms with Crippen molar-refractivity contribution in [2.45, 2.75) is 20.0 Å². The maximum absolute atomic E-state index is 12.6. The van der Waals surface area contributed by atoms with Crippen LogP contribution in [0.2, 0.25) is 0 Å². The summed E-state index contributed by atoms with van der Waals surface area (Å²) in [5, 5.41) is 2.69. The second kappa shape index (κ2) is 8.59. The van der Waals surface area contributed by atoms with Crippen molar-refractivity contribution in [1.82, 2.24) is 0 Å². The van der Waals surface area contributed by atoms with Crippen LogP contribution in [0.1, 0.15) is 35.9 Å². The first kappa shape index (κ1) is 18.1. The fourth-order valence-electron chi connectivity index (χ4n) is 2.22. The molecule has 2 aromatic carbocycles. The number of ether oxygens (including phenoxy) is 1. The Morgan fingerprint density at radius 3 is 2.40 bits per heavy atom. The molecule has 0 spiro atoms. The predicted octanol–water partition coefficient (Wildman–Crippen LogP) is 3.69. The van der Waals surface area contributed by atoms with Gasteiger partial charge in [0.2, 0.25) is 6.10 Å². The number of nitrogens with one attached hydrogen (secondary N) is 1. The van der Waals surface area contributed by atoms with E-state index in [1.165, 1.54) is 13.0 Å². The lowest BCUT2D eigenvalue weighted by atomic mass is 10.1. The molecular formula is C20H19NO4. The van der Waals surface area contributed by atoms with E-state index in [-0.39, 0.29) is 5.78 Å². The molecule has 0 saturated carbocycles. The number of rotatable bonds is 6. The van der Waals surface area contributed by atoms with Crippen LogP contribution in [-0.2, 0) is 14.3 Å². The summed E-state index contributed by atoms with van der Waals surface area (Å²) in [5.74, 6) is -1.20. The number of carbonyl (C=O) groups excluding carboxylic acids is 3. The van der Waals surface area contributed by atoms with Gasteiger partial charge in [0, 0.05) is 22.9 Å². The van der Waals surface area contributed by atoms with Crippen molar-refractivity contribution in [1.29, 1.82) is 0 Å². The number of ketones is 1. The van der Waals surface area contributed by atoms with E-state index in [4.69, 9.17) is 4.74 Å². The van der Waals surface area contributed by atoms with E-state index in [0.717, 1.165) is 0 Å². The van der Waals surface area contributed by atoms with Gasteiger partial charge in [-0.15, -0.1) is 0 Å². The minimum Gasteiger partial charge on any atom is -0.444 e. The maximum atomic E-state index is 12.6.